The highest BCUT2D eigenvalue weighted by atomic mass is 127. The average Bonchev–Trinajstić information content (AvgIpc) is 1.89. The van der Waals surface area contributed by atoms with Crippen molar-refractivity contribution >= 4 is 29.0 Å². The first kappa shape index (κ1) is 9.27. The first-order valence-electron chi connectivity index (χ1n) is 3.20. The van der Waals surface area contributed by atoms with Crippen LogP contribution in [0.25, 0.3) is 0 Å². The largest absolute Gasteiger partial charge is 0.284 e. The van der Waals surface area contributed by atoms with E-state index in [4.69, 9.17) is 0 Å². The van der Waals surface area contributed by atoms with Gasteiger partial charge in [-0.2, -0.15) is 0 Å². The molecule has 0 rings (SSSR count). The third-order valence-corrected chi connectivity index (χ3v) is 2.48. The Morgan fingerprint density at radius 2 is 2.33 bits per heavy atom. The van der Waals surface area contributed by atoms with E-state index in [0.29, 0.717) is 0 Å². The topological polar surface area (TPSA) is 12.4 Å². The molecule has 0 aromatic carbocycles. The third-order valence-electron chi connectivity index (χ3n) is 1.03. The van der Waals surface area contributed by atoms with Gasteiger partial charge in [0, 0.05) is 6.54 Å². The van der Waals surface area contributed by atoms with Gasteiger partial charge in [-0.25, -0.2) is 0 Å². The van der Waals surface area contributed by atoms with Gasteiger partial charge < -0.3 is 0 Å². The molecule has 54 valence electrons. The van der Waals surface area contributed by atoms with Crippen LogP contribution < -0.4 is 0 Å². The van der Waals surface area contributed by atoms with Gasteiger partial charge in [0.25, 0.3) is 0 Å². The van der Waals surface area contributed by atoms with Gasteiger partial charge >= 0.3 is 0 Å². The van der Waals surface area contributed by atoms with E-state index < -0.39 is 0 Å². The zero-order valence-electron chi connectivity index (χ0n) is 6.15. The van der Waals surface area contributed by atoms with Crippen LogP contribution in [0.3, 0.4) is 0 Å². The number of nitrogens with zero attached hydrogens (tertiary/aromatic N) is 1. The van der Waals surface area contributed by atoms with Crippen LogP contribution in [-0.4, -0.2) is 14.8 Å². The predicted octanol–water partition coefficient (Wildman–Crippen LogP) is 2.61. The zero-order chi connectivity index (χ0) is 7.11. The molecule has 0 fully saturated rings. The molecule has 0 aromatic heterocycles. The monoisotopic (exact) mass is 239 g/mol. The second-order valence-corrected chi connectivity index (χ2v) is 4.19. The van der Waals surface area contributed by atoms with Crippen LogP contribution in [0, 0.1) is 0 Å². The highest BCUT2D eigenvalue weighted by Gasteiger charge is 1.81. The van der Waals surface area contributed by atoms with Gasteiger partial charge in [-0.3, -0.25) is 4.99 Å². The molecule has 0 aromatic rings. The first-order chi connectivity index (χ1) is 4.31. The van der Waals surface area contributed by atoms with Gasteiger partial charge in [0.15, 0.2) is 0 Å². The van der Waals surface area contributed by atoms with Gasteiger partial charge in [0.2, 0.25) is 0 Å². The summed E-state index contributed by atoms with van der Waals surface area (Å²) in [6, 6.07) is 0. The minimum absolute atomic E-state index is 0.0268. The van der Waals surface area contributed by atoms with Gasteiger partial charge in [-0.05, 0) is 13.3 Å². The Kier molecular flexibility index (Phi) is 6.58. The van der Waals surface area contributed by atoms with Crippen molar-refractivity contribution in [2.24, 2.45) is 4.99 Å². The summed E-state index contributed by atoms with van der Waals surface area (Å²) >= 11 is 0.0268. The van der Waals surface area contributed by atoms with E-state index in [2.05, 4.69) is 23.4 Å². The molecule has 0 bridgehead atoms. The van der Waals surface area contributed by atoms with Crippen LogP contribution in [0.15, 0.2) is 4.99 Å². The lowest BCUT2D eigenvalue weighted by Gasteiger charge is -1.90. The highest BCUT2D eigenvalue weighted by molar-refractivity contribution is 14.2. The summed E-state index contributed by atoms with van der Waals surface area (Å²) in [7, 11) is 0. The Bertz CT molecular complexity index is 107. The number of aliphatic imine (C=N–C) groups is 1. The fraction of sp³-hybridized carbons (Fsp3) is 0.714. The van der Waals surface area contributed by atoms with Crippen LogP contribution in [0.4, 0.5) is 0 Å². The Morgan fingerprint density at radius 3 is 2.78 bits per heavy atom. The molecule has 9 heavy (non-hydrogen) atoms. The summed E-state index contributed by atoms with van der Waals surface area (Å²) in [5.41, 5.74) is 0. The maximum absolute atomic E-state index is 4.34. The average molecular weight is 239 g/mol. The molecule has 0 aliphatic rings. The van der Waals surface area contributed by atoms with Crippen molar-refractivity contribution in [1.82, 2.24) is 0 Å². The van der Waals surface area contributed by atoms with Gasteiger partial charge in [0.05, 0.1) is 3.72 Å². The summed E-state index contributed by atoms with van der Waals surface area (Å²) in [6.07, 6.45) is 2.47. The molecule has 0 N–H and O–H groups in total. The molecule has 0 amide bonds. The summed E-state index contributed by atoms with van der Waals surface area (Å²) < 4.78 is 5.12. The number of halogens is 1. The van der Waals surface area contributed by atoms with Crippen LogP contribution in [0.2, 0.25) is 0 Å². The number of rotatable bonds is 4. The molecule has 0 saturated carbocycles. The normalized spacial score (nSPS) is 12.0. The molecule has 0 aliphatic heterocycles. The Morgan fingerprint density at radius 1 is 1.67 bits per heavy atom. The maximum Gasteiger partial charge on any atom is 0.0637 e. The van der Waals surface area contributed by atoms with Crippen molar-refractivity contribution in [1.29, 1.82) is 0 Å². The predicted molar refractivity (Wildman–Crippen MR) is 54.0 cm³/mol. The quantitative estimate of drug-likeness (QED) is 0.406. The molecule has 0 unspecified atom stereocenters. The minimum atomic E-state index is 0.0268. The van der Waals surface area contributed by atoms with Gasteiger partial charge in [-0.15, -0.1) is 0 Å². The van der Waals surface area contributed by atoms with Crippen LogP contribution in [0.1, 0.15) is 26.7 Å². The summed E-state index contributed by atoms with van der Waals surface area (Å²) in [5, 5.41) is 0. The number of hydrogen-bond donors (Lipinski definition) is 0. The summed E-state index contributed by atoms with van der Waals surface area (Å²) in [4.78, 5) is 4.34. The van der Waals surface area contributed by atoms with E-state index in [-0.39, 0.29) is 20.7 Å². The van der Waals surface area contributed by atoms with Crippen molar-refractivity contribution < 1.29 is 0 Å². The Hall–Kier alpha value is 0.270. The molecular formula is C7H14IN. The van der Waals surface area contributed by atoms with E-state index >= 15 is 0 Å². The van der Waals surface area contributed by atoms with Crippen molar-refractivity contribution in [3.8, 4) is 0 Å². The van der Waals surface area contributed by atoms with Crippen molar-refractivity contribution in [2.75, 3.05) is 6.54 Å². The van der Waals surface area contributed by atoms with Gasteiger partial charge in [-0.1, -0.05) is 38.6 Å². The zero-order valence-corrected chi connectivity index (χ0v) is 8.31. The van der Waals surface area contributed by atoms with Crippen LogP contribution in [0.5, 0.6) is 0 Å². The van der Waals surface area contributed by atoms with Gasteiger partial charge in [0.1, 0.15) is 0 Å². The number of hydrogen-bond acceptors (Lipinski definition) is 1. The molecule has 0 saturated heterocycles. The highest BCUT2D eigenvalue weighted by Crippen LogP contribution is 1.97. The molecule has 0 spiro atoms. The molecule has 0 atom stereocenters. The fourth-order valence-electron chi connectivity index (χ4n) is 0.433. The van der Waals surface area contributed by atoms with E-state index in [1.807, 2.05) is 0 Å². The minimum Gasteiger partial charge on any atom is -0.284 e. The lowest BCUT2D eigenvalue weighted by Crippen LogP contribution is -1.82. The Balaban J connectivity index is 3.31. The Labute approximate surface area is 67.3 Å². The molecule has 0 radical (unpaired) electrons. The second kappa shape index (κ2) is 6.39. The standard InChI is InChI=1S/C7H14IN/c1-4-5-6-9-7(2)8-3/h3-6H2,1-2H3. The first-order valence-corrected chi connectivity index (χ1v) is 5.81. The molecule has 0 aliphatic carbocycles. The molecule has 1 nitrogen and oxygen atoms in total. The smallest absolute Gasteiger partial charge is 0.0637 e. The fourth-order valence-corrected chi connectivity index (χ4v) is 0.916. The molecule has 2 heteroatoms. The number of unbranched alkanes of at least 4 members (excludes halogenated alkanes) is 1. The van der Waals surface area contributed by atoms with E-state index in [1.54, 1.807) is 0 Å². The molecule has 0 heterocycles. The van der Waals surface area contributed by atoms with E-state index in [9.17, 15) is 0 Å². The van der Waals surface area contributed by atoms with Crippen molar-refractivity contribution in [2.45, 2.75) is 26.7 Å². The SMILES string of the molecule is C=IC(C)=NCCCC. The summed E-state index contributed by atoms with van der Waals surface area (Å²) in [5.74, 6) is 0. The summed E-state index contributed by atoms with van der Waals surface area (Å²) in [6.45, 7) is 5.28. The third kappa shape index (κ3) is 6.15. The second-order valence-electron chi connectivity index (χ2n) is 1.87. The lowest BCUT2D eigenvalue weighted by atomic mass is 10.3. The van der Waals surface area contributed by atoms with Crippen molar-refractivity contribution in [3.63, 3.8) is 0 Å². The lowest BCUT2D eigenvalue weighted by molar-refractivity contribution is 0.809. The molecular weight excluding hydrogens is 225 g/mol. The maximum atomic E-state index is 4.34. The van der Waals surface area contributed by atoms with Crippen LogP contribution >= 0.6 is 20.7 Å². The van der Waals surface area contributed by atoms with E-state index in [0.717, 1.165) is 6.54 Å². The van der Waals surface area contributed by atoms with Crippen LogP contribution in [-0.2, 0) is 0 Å². The van der Waals surface area contributed by atoms with Crippen molar-refractivity contribution in [3.05, 3.63) is 0 Å². The van der Waals surface area contributed by atoms with E-state index in [1.165, 1.54) is 16.6 Å².